The predicted octanol–water partition coefficient (Wildman–Crippen LogP) is 2.06. The van der Waals surface area contributed by atoms with Crippen molar-refractivity contribution in [3.8, 4) is 0 Å². The molecule has 0 unspecified atom stereocenters. The molecule has 0 heterocycles. The van der Waals surface area contributed by atoms with Gasteiger partial charge in [0.15, 0.2) is 0 Å². The number of nitrogens with zero attached hydrogens (tertiary/aromatic N) is 1. The van der Waals surface area contributed by atoms with Gasteiger partial charge in [-0.15, -0.1) is 0 Å². The number of rotatable bonds is 5. The Hall–Kier alpha value is -2.28. The topological polar surface area (TPSA) is 95.9 Å². The molecule has 0 saturated carbocycles. The Bertz CT molecular complexity index is 561. The van der Waals surface area contributed by atoms with Crippen LogP contribution in [0, 0.1) is 0 Å². The van der Waals surface area contributed by atoms with Gasteiger partial charge >= 0.3 is 18.0 Å². The lowest BCUT2D eigenvalue weighted by Crippen LogP contribution is -2.33. The first-order valence-corrected chi connectivity index (χ1v) is 6.34. The summed E-state index contributed by atoms with van der Waals surface area (Å²) in [6.07, 6.45) is 0.0825. The number of carbonyl (C=O) groups excluding carboxylic acids is 2. The van der Waals surface area contributed by atoms with Crippen molar-refractivity contribution in [2.45, 2.75) is 6.42 Å². The number of urea groups is 1. The molecule has 0 aromatic heterocycles. The summed E-state index contributed by atoms with van der Waals surface area (Å²) in [5.74, 6) is -1.56. The van der Waals surface area contributed by atoms with Crippen molar-refractivity contribution in [1.82, 2.24) is 4.90 Å². The van der Waals surface area contributed by atoms with Gasteiger partial charge in [-0.25, -0.2) is 9.59 Å². The maximum absolute atomic E-state index is 11.8. The van der Waals surface area contributed by atoms with E-state index in [2.05, 4.69) is 10.1 Å². The van der Waals surface area contributed by atoms with Crippen LogP contribution in [-0.2, 0) is 9.53 Å². The Balaban J connectivity index is 2.64. The van der Waals surface area contributed by atoms with Crippen molar-refractivity contribution < 1.29 is 24.2 Å². The summed E-state index contributed by atoms with van der Waals surface area (Å²) in [7, 11) is 2.79. The number of carbonyl (C=O) groups is 3. The Morgan fingerprint density at radius 3 is 2.57 bits per heavy atom. The predicted molar refractivity (Wildman–Crippen MR) is 76.7 cm³/mol. The second-order valence-electron chi connectivity index (χ2n) is 4.18. The summed E-state index contributed by atoms with van der Waals surface area (Å²) in [6, 6.07) is 3.63. The highest BCUT2D eigenvalue weighted by Crippen LogP contribution is 2.21. The van der Waals surface area contributed by atoms with Crippen LogP contribution in [0.25, 0.3) is 0 Å². The van der Waals surface area contributed by atoms with Crippen molar-refractivity contribution in [2.24, 2.45) is 0 Å². The number of ether oxygens (including phenoxy) is 1. The zero-order chi connectivity index (χ0) is 16.0. The average molecular weight is 315 g/mol. The van der Waals surface area contributed by atoms with Crippen molar-refractivity contribution in [3.05, 3.63) is 28.8 Å². The number of halogens is 1. The first kappa shape index (κ1) is 16.8. The van der Waals surface area contributed by atoms with Gasteiger partial charge < -0.3 is 20.1 Å². The van der Waals surface area contributed by atoms with E-state index < -0.39 is 18.0 Å². The van der Waals surface area contributed by atoms with Crippen LogP contribution in [-0.4, -0.2) is 48.7 Å². The number of esters is 1. The molecule has 8 heteroatoms. The van der Waals surface area contributed by atoms with E-state index in [0.717, 1.165) is 0 Å². The molecular formula is C13H15ClN2O5. The number of carboxylic acids is 1. The molecular weight excluding hydrogens is 300 g/mol. The minimum atomic E-state index is -1.15. The minimum Gasteiger partial charge on any atom is -0.478 e. The molecule has 1 aromatic rings. The fourth-order valence-corrected chi connectivity index (χ4v) is 1.71. The third-order valence-corrected chi connectivity index (χ3v) is 2.99. The number of methoxy groups -OCH3 is 1. The molecule has 2 N–H and O–H groups in total. The van der Waals surface area contributed by atoms with Crippen LogP contribution in [0.1, 0.15) is 16.8 Å². The summed E-state index contributed by atoms with van der Waals surface area (Å²) in [5.41, 5.74) is 0.314. The van der Waals surface area contributed by atoms with Gasteiger partial charge in [0.05, 0.1) is 24.1 Å². The third-order valence-electron chi connectivity index (χ3n) is 2.68. The number of hydrogen-bond donors (Lipinski definition) is 2. The molecule has 1 aromatic carbocycles. The van der Waals surface area contributed by atoms with Crippen LogP contribution in [0.2, 0.25) is 5.02 Å². The zero-order valence-corrected chi connectivity index (χ0v) is 12.3. The summed E-state index contributed by atoms with van der Waals surface area (Å²) < 4.78 is 4.48. The molecule has 114 valence electrons. The molecule has 0 aliphatic carbocycles. The zero-order valence-electron chi connectivity index (χ0n) is 11.6. The van der Waals surface area contributed by atoms with Gasteiger partial charge in [-0.2, -0.15) is 0 Å². The largest absolute Gasteiger partial charge is 0.478 e. The van der Waals surface area contributed by atoms with Crippen molar-refractivity contribution in [1.29, 1.82) is 0 Å². The quantitative estimate of drug-likeness (QED) is 0.811. The fraction of sp³-hybridized carbons (Fsp3) is 0.308. The van der Waals surface area contributed by atoms with Gasteiger partial charge in [-0.05, 0) is 18.2 Å². The highest BCUT2D eigenvalue weighted by molar-refractivity contribution is 6.33. The number of amides is 2. The van der Waals surface area contributed by atoms with Crippen LogP contribution >= 0.6 is 11.6 Å². The third kappa shape index (κ3) is 4.96. The number of nitrogens with one attached hydrogen (secondary N) is 1. The van der Waals surface area contributed by atoms with Crippen LogP contribution < -0.4 is 5.32 Å². The summed E-state index contributed by atoms with van der Waals surface area (Å²) >= 11 is 5.80. The Kier molecular flexibility index (Phi) is 5.98. The van der Waals surface area contributed by atoms with E-state index in [1.54, 1.807) is 0 Å². The second kappa shape index (κ2) is 7.49. The van der Waals surface area contributed by atoms with Crippen molar-refractivity contribution >= 4 is 35.3 Å². The molecule has 1 rings (SSSR count). The smallest absolute Gasteiger partial charge is 0.337 e. The molecule has 2 amide bonds. The Morgan fingerprint density at radius 1 is 1.38 bits per heavy atom. The monoisotopic (exact) mass is 314 g/mol. The lowest BCUT2D eigenvalue weighted by atomic mass is 10.2. The molecule has 0 fully saturated rings. The molecule has 0 bridgehead atoms. The molecule has 0 aliphatic rings. The van der Waals surface area contributed by atoms with Gasteiger partial charge in [0.25, 0.3) is 0 Å². The number of aromatic carboxylic acids is 1. The number of benzene rings is 1. The van der Waals surface area contributed by atoms with Gasteiger partial charge in [0.1, 0.15) is 0 Å². The van der Waals surface area contributed by atoms with E-state index in [9.17, 15) is 14.4 Å². The molecule has 0 radical (unpaired) electrons. The van der Waals surface area contributed by atoms with E-state index >= 15 is 0 Å². The van der Waals surface area contributed by atoms with Crippen LogP contribution in [0.15, 0.2) is 18.2 Å². The summed E-state index contributed by atoms with van der Waals surface area (Å²) in [6.45, 7) is 0.194. The molecule has 21 heavy (non-hydrogen) atoms. The van der Waals surface area contributed by atoms with Crippen LogP contribution in [0.5, 0.6) is 0 Å². The van der Waals surface area contributed by atoms with Crippen LogP contribution in [0.3, 0.4) is 0 Å². The van der Waals surface area contributed by atoms with Gasteiger partial charge in [-0.1, -0.05) is 11.6 Å². The van der Waals surface area contributed by atoms with Crippen molar-refractivity contribution in [3.63, 3.8) is 0 Å². The average Bonchev–Trinajstić information content (AvgIpc) is 2.43. The standard InChI is InChI=1S/C13H15ClN2O5/c1-16(6-5-11(17)21-2)13(20)15-8-3-4-9(12(18)19)10(14)7-8/h3-4,7H,5-6H2,1-2H3,(H,15,20)(H,18,19). The molecule has 0 spiro atoms. The van der Waals surface area contributed by atoms with E-state index in [1.807, 2.05) is 0 Å². The first-order valence-electron chi connectivity index (χ1n) is 5.97. The van der Waals surface area contributed by atoms with Crippen molar-refractivity contribution in [2.75, 3.05) is 26.0 Å². The van der Waals surface area contributed by atoms with E-state index in [-0.39, 0.29) is 23.6 Å². The molecule has 0 aliphatic heterocycles. The van der Waals surface area contributed by atoms with Crippen LogP contribution in [0.4, 0.5) is 10.5 Å². The van der Waals surface area contributed by atoms with E-state index in [0.29, 0.717) is 5.69 Å². The Morgan fingerprint density at radius 2 is 2.05 bits per heavy atom. The molecule has 0 atom stereocenters. The van der Waals surface area contributed by atoms with Gasteiger partial charge in [0.2, 0.25) is 0 Å². The number of hydrogen-bond acceptors (Lipinski definition) is 4. The SMILES string of the molecule is COC(=O)CCN(C)C(=O)Nc1ccc(C(=O)O)c(Cl)c1. The summed E-state index contributed by atoms with van der Waals surface area (Å²) in [5, 5.41) is 11.4. The maximum atomic E-state index is 11.8. The van der Waals surface area contributed by atoms with E-state index in [4.69, 9.17) is 16.7 Å². The normalized spacial score (nSPS) is 9.86. The fourth-order valence-electron chi connectivity index (χ4n) is 1.45. The first-order chi connectivity index (χ1) is 9.85. The Labute approximate surface area is 126 Å². The maximum Gasteiger partial charge on any atom is 0.337 e. The van der Waals surface area contributed by atoms with E-state index in [1.165, 1.54) is 37.3 Å². The highest BCUT2D eigenvalue weighted by atomic mass is 35.5. The lowest BCUT2D eigenvalue weighted by molar-refractivity contribution is -0.140. The summed E-state index contributed by atoms with van der Waals surface area (Å²) in [4.78, 5) is 35.0. The minimum absolute atomic E-state index is 0.0255. The second-order valence-corrected chi connectivity index (χ2v) is 4.58. The molecule has 7 nitrogen and oxygen atoms in total. The molecule has 0 saturated heterocycles. The lowest BCUT2D eigenvalue weighted by Gasteiger charge is -2.17. The van der Waals surface area contributed by atoms with Gasteiger partial charge in [0, 0.05) is 19.3 Å². The van der Waals surface area contributed by atoms with Gasteiger partial charge in [-0.3, -0.25) is 4.79 Å². The number of anilines is 1. The highest BCUT2D eigenvalue weighted by Gasteiger charge is 2.13. The number of carboxylic acid groups (broad SMARTS) is 1.